The number of hydrogen-bond donors (Lipinski definition) is 0. The summed E-state index contributed by atoms with van der Waals surface area (Å²) in [5, 5.41) is 4.03. The molecule has 0 radical (unpaired) electrons. The molecule has 3 rings (SSSR count). The fourth-order valence-electron chi connectivity index (χ4n) is 3.12. The molecule has 0 aliphatic heterocycles. The highest BCUT2D eigenvalue weighted by Crippen LogP contribution is 2.33. The molecular weight excluding hydrogens is 304 g/mol. The summed E-state index contributed by atoms with van der Waals surface area (Å²) in [7, 11) is 2.73. The molecule has 3 aromatic carbocycles. The van der Waals surface area contributed by atoms with E-state index in [9.17, 15) is 9.59 Å². The number of ether oxygens (including phenoxy) is 2. The Morgan fingerprint density at radius 1 is 0.667 bits per heavy atom. The first-order valence-corrected chi connectivity index (χ1v) is 7.70. The maximum absolute atomic E-state index is 11.9. The van der Waals surface area contributed by atoms with Crippen molar-refractivity contribution in [2.45, 2.75) is 12.8 Å². The number of carbonyl (C=O) groups is 2. The van der Waals surface area contributed by atoms with Gasteiger partial charge in [-0.05, 0) is 32.7 Å². The van der Waals surface area contributed by atoms with E-state index in [1.54, 1.807) is 0 Å². The van der Waals surface area contributed by atoms with Gasteiger partial charge in [0.15, 0.2) is 0 Å². The third-order valence-electron chi connectivity index (χ3n) is 4.26. The van der Waals surface area contributed by atoms with E-state index in [1.807, 2.05) is 48.5 Å². The zero-order chi connectivity index (χ0) is 17.1. The minimum absolute atomic E-state index is 0.119. The summed E-state index contributed by atoms with van der Waals surface area (Å²) >= 11 is 0. The zero-order valence-electron chi connectivity index (χ0n) is 13.7. The molecule has 0 spiro atoms. The van der Waals surface area contributed by atoms with Crippen LogP contribution in [0.3, 0.4) is 0 Å². The highest BCUT2D eigenvalue weighted by atomic mass is 16.5. The van der Waals surface area contributed by atoms with E-state index in [-0.39, 0.29) is 24.8 Å². The van der Waals surface area contributed by atoms with Crippen LogP contribution in [0.4, 0.5) is 0 Å². The topological polar surface area (TPSA) is 52.6 Å². The molecule has 24 heavy (non-hydrogen) atoms. The molecule has 0 heterocycles. The molecule has 0 aliphatic carbocycles. The van der Waals surface area contributed by atoms with E-state index in [1.165, 1.54) is 14.2 Å². The predicted octanol–water partition coefficient (Wildman–Crippen LogP) is 3.42. The number of benzene rings is 3. The van der Waals surface area contributed by atoms with E-state index in [2.05, 4.69) is 0 Å². The van der Waals surface area contributed by atoms with Gasteiger partial charge < -0.3 is 9.47 Å². The van der Waals surface area contributed by atoms with Crippen molar-refractivity contribution in [1.82, 2.24) is 0 Å². The van der Waals surface area contributed by atoms with Gasteiger partial charge in [-0.25, -0.2) is 0 Å². The van der Waals surface area contributed by atoms with Crippen LogP contribution in [-0.4, -0.2) is 26.2 Å². The third-order valence-corrected chi connectivity index (χ3v) is 4.26. The van der Waals surface area contributed by atoms with Crippen molar-refractivity contribution in [3.05, 3.63) is 59.7 Å². The van der Waals surface area contributed by atoms with Crippen LogP contribution >= 0.6 is 0 Å². The van der Waals surface area contributed by atoms with Gasteiger partial charge in [-0.15, -0.1) is 0 Å². The second-order valence-electron chi connectivity index (χ2n) is 5.55. The number of methoxy groups -OCH3 is 2. The summed E-state index contributed by atoms with van der Waals surface area (Å²) in [6.45, 7) is 0. The van der Waals surface area contributed by atoms with Crippen LogP contribution in [0, 0.1) is 0 Å². The molecule has 0 aliphatic rings. The predicted molar refractivity (Wildman–Crippen MR) is 92.9 cm³/mol. The normalized spacial score (nSPS) is 10.8. The van der Waals surface area contributed by atoms with Crippen LogP contribution in [0.5, 0.6) is 0 Å². The van der Waals surface area contributed by atoms with E-state index < -0.39 is 0 Å². The average Bonchev–Trinajstić information content (AvgIpc) is 2.63. The maximum atomic E-state index is 11.9. The number of rotatable bonds is 4. The molecule has 0 fully saturated rings. The van der Waals surface area contributed by atoms with Gasteiger partial charge in [0.1, 0.15) is 0 Å². The van der Waals surface area contributed by atoms with Crippen LogP contribution in [-0.2, 0) is 31.9 Å². The Morgan fingerprint density at radius 2 is 1.00 bits per heavy atom. The number of hydrogen-bond acceptors (Lipinski definition) is 4. The Labute approximate surface area is 140 Å². The second-order valence-corrected chi connectivity index (χ2v) is 5.55. The summed E-state index contributed by atoms with van der Waals surface area (Å²) in [5.41, 5.74) is 1.64. The molecule has 0 saturated carbocycles. The fourth-order valence-corrected chi connectivity index (χ4v) is 3.12. The van der Waals surface area contributed by atoms with Crippen molar-refractivity contribution in [2.24, 2.45) is 0 Å². The van der Waals surface area contributed by atoms with Crippen LogP contribution in [0.1, 0.15) is 11.1 Å². The van der Waals surface area contributed by atoms with Crippen molar-refractivity contribution >= 4 is 33.5 Å². The monoisotopic (exact) mass is 322 g/mol. The van der Waals surface area contributed by atoms with Crippen molar-refractivity contribution in [3.8, 4) is 0 Å². The number of esters is 2. The molecule has 3 aromatic rings. The van der Waals surface area contributed by atoms with Gasteiger partial charge in [-0.1, -0.05) is 48.5 Å². The van der Waals surface area contributed by atoms with Gasteiger partial charge in [0.2, 0.25) is 0 Å². The molecule has 122 valence electrons. The van der Waals surface area contributed by atoms with Crippen LogP contribution in [0.25, 0.3) is 21.5 Å². The Kier molecular flexibility index (Phi) is 4.47. The van der Waals surface area contributed by atoms with Crippen LogP contribution in [0.15, 0.2) is 48.5 Å². The molecule has 4 nitrogen and oxygen atoms in total. The summed E-state index contributed by atoms with van der Waals surface area (Å²) in [6, 6.07) is 15.8. The molecular formula is C20H18O4. The van der Waals surface area contributed by atoms with E-state index in [0.29, 0.717) is 0 Å². The summed E-state index contributed by atoms with van der Waals surface area (Å²) in [6.07, 6.45) is 0.238. The van der Waals surface area contributed by atoms with E-state index >= 15 is 0 Å². The Morgan fingerprint density at radius 3 is 1.33 bits per heavy atom. The first kappa shape index (κ1) is 16.0. The standard InChI is InChI=1S/C20H18O4/c1-23-19(21)11-17-15-9-5-3-7-13(15)14-8-4-6-10-16(14)18(17)12-20(22)24-2/h3-10H,11-12H2,1-2H3. The smallest absolute Gasteiger partial charge is 0.310 e. The summed E-state index contributed by atoms with van der Waals surface area (Å²) in [4.78, 5) is 23.9. The number of fused-ring (bicyclic) bond motifs is 3. The number of carbonyl (C=O) groups excluding carboxylic acids is 2. The van der Waals surface area contributed by atoms with Gasteiger partial charge in [0, 0.05) is 0 Å². The Bertz CT molecular complexity index is 851. The molecule has 0 N–H and O–H groups in total. The minimum Gasteiger partial charge on any atom is -0.469 e. The van der Waals surface area contributed by atoms with Crippen molar-refractivity contribution in [2.75, 3.05) is 14.2 Å². The second kappa shape index (κ2) is 6.71. The van der Waals surface area contributed by atoms with Crippen LogP contribution in [0.2, 0.25) is 0 Å². The van der Waals surface area contributed by atoms with E-state index in [0.717, 1.165) is 32.7 Å². The highest BCUT2D eigenvalue weighted by molar-refractivity contribution is 6.12. The van der Waals surface area contributed by atoms with Gasteiger partial charge in [-0.2, -0.15) is 0 Å². The molecule has 0 atom stereocenters. The van der Waals surface area contributed by atoms with Crippen molar-refractivity contribution in [1.29, 1.82) is 0 Å². The Balaban J connectivity index is 2.38. The lowest BCUT2D eigenvalue weighted by Gasteiger charge is -2.16. The average molecular weight is 322 g/mol. The van der Waals surface area contributed by atoms with Crippen molar-refractivity contribution in [3.63, 3.8) is 0 Å². The third kappa shape index (κ3) is 2.83. The molecule has 4 heteroatoms. The van der Waals surface area contributed by atoms with Gasteiger partial charge >= 0.3 is 11.9 Å². The van der Waals surface area contributed by atoms with Crippen LogP contribution < -0.4 is 0 Å². The molecule has 0 unspecified atom stereocenters. The van der Waals surface area contributed by atoms with Crippen molar-refractivity contribution < 1.29 is 19.1 Å². The molecule has 0 bridgehead atoms. The molecule has 0 saturated heterocycles. The van der Waals surface area contributed by atoms with Gasteiger partial charge in [0.25, 0.3) is 0 Å². The lowest BCUT2D eigenvalue weighted by Crippen LogP contribution is -2.12. The fraction of sp³-hybridized carbons (Fsp3) is 0.200. The van der Waals surface area contributed by atoms with Gasteiger partial charge in [0.05, 0.1) is 27.1 Å². The zero-order valence-corrected chi connectivity index (χ0v) is 13.7. The first-order valence-electron chi connectivity index (χ1n) is 7.70. The largest absolute Gasteiger partial charge is 0.469 e. The quantitative estimate of drug-likeness (QED) is 0.545. The molecule has 0 amide bonds. The lowest BCUT2D eigenvalue weighted by molar-refractivity contribution is -0.141. The Hall–Kier alpha value is -2.88. The summed E-state index contributed by atoms with van der Waals surface area (Å²) in [5.74, 6) is -0.664. The van der Waals surface area contributed by atoms with E-state index in [4.69, 9.17) is 9.47 Å². The SMILES string of the molecule is COC(=O)Cc1c(CC(=O)OC)c2ccccc2c2ccccc12. The first-order chi connectivity index (χ1) is 11.7. The minimum atomic E-state index is -0.332. The summed E-state index contributed by atoms with van der Waals surface area (Å²) < 4.78 is 9.69. The lowest BCUT2D eigenvalue weighted by atomic mass is 9.88. The molecule has 0 aromatic heterocycles. The highest BCUT2D eigenvalue weighted by Gasteiger charge is 2.19. The maximum Gasteiger partial charge on any atom is 0.310 e. The van der Waals surface area contributed by atoms with Gasteiger partial charge in [-0.3, -0.25) is 9.59 Å².